The van der Waals surface area contributed by atoms with E-state index in [9.17, 15) is 13.9 Å². The molecule has 0 aromatic heterocycles. The lowest BCUT2D eigenvalue weighted by atomic mass is 9.97. The monoisotopic (exact) mass is 302 g/mol. The standard InChI is InChI=1S/C14H20F2N2O3/c1-21-12-8-10(20)2-3-11(12)13(14(15,16)9-19)18-6-4-17-5-7-18/h2-3,8,13,17,19-20H,4-7,9H2,1H3/t13-/m1/s1. The third-order valence-corrected chi connectivity index (χ3v) is 3.64. The van der Waals surface area contributed by atoms with Gasteiger partial charge in [-0.2, -0.15) is 0 Å². The summed E-state index contributed by atoms with van der Waals surface area (Å²) < 4.78 is 33.7. The van der Waals surface area contributed by atoms with E-state index in [-0.39, 0.29) is 17.1 Å². The number of benzene rings is 1. The number of rotatable bonds is 5. The highest BCUT2D eigenvalue weighted by Gasteiger charge is 2.45. The number of methoxy groups -OCH3 is 1. The third-order valence-electron chi connectivity index (χ3n) is 3.64. The van der Waals surface area contributed by atoms with E-state index < -0.39 is 18.6 Å². The average molecular weight is 302 g/mol. The summed E-state index contributed by atoms with van der Waals surface area (Å²) in [4.78, 5) is 1.63. The lowest BCUT2D eigenvalue weighted by molar-refractivity contribution is -0.119. The van der Waals surface area contributed by atoms with Crippen LogP contribution in [0.25, 0.3) is 0 Å². The molecule has 1 atom stereocenters. The molecule has 0 radical (unpaired) electrons. The number of ether oxygens (including phenoxy) is 1. The quantitative estimate of drug-likeness (QED) is 0.756. The molecular formula is C14H20F2N2O3. The molecule has 21 heavy (non-hydrogen) atoms. The maximum Gasteiger partial charge on any atom is 0.290 e. The second kappa shape index (κ2) is 6.55. The third kappa shape index (κ3) is 3.42. The Kier molecular flexibility index (Phi) is 4.97. The van der Waals surface area contributed by atoms with Crippen molar-refractivity contribution in [2.24, 2.45) is 0 Å². The molecule has 1 aromatic rings. The summed E-state index contributed by atoms with van der Waals surface area (Å²) >= 11 is 0. The first-order valence-corrected chi connectivity index (χ1v) is 6.80. The van der Waals surface area contributed by atoms with Gasteiger partial charge in [0.2, 0.25) is 0 Å². The van der Waals surface area contributed by atoms with Crippen molar-refractivity contribution >= 4 is 0 Å². The van der Waals surface area contributed by atoms with Crippen molar-refractivity contribution in [3.05, 3.63) is 23.8 Å². The van der Waals surface area contributed by atoms with Crippen molar-refractivity contribution in [3.8, 4) is 11.5 Å². The molecule has 1 fully saturated rings. The maximum atomic E-state index is 14.3. The summed E-state index contributed by atoms with van der Waals surface area (Å²) in [7, 11) is 1.37. The number of aliphatic hydroxyl groups is 1. The number of nitrogens with zero attached hydrogens (tertiary/aromatic N) is 1. The molecule has 0 bridgehead atoms. The summed E-state index contributed by atoms with van der Waals surface area (Å²) in [5.41, 5.74) is 0.260. The van der Waals surface area contributed by atoms with Gasteiger partial charge in [-0.25, -0.2) is 8.78 Å². The van der Waals surface area contributed by atoms with Crippen LogP contribution in [0.2, 0.25) is 0 Å². The van der Waals surface area contributed by atoms with Gasteiger partial charge < -0.3 is 20.3 Å². The number of hydrogen-bond donors (Lipinski definition) is 3. The first kappa shape index (κ1) is 15.9. The van der Waals surface area contributed by atoms with Crippen LogP contribution in [-0.2, 0) is 0 Å². The van der Waals surface area contributed by atoms with Crippen molar-refractivity contribution in [1.82, 2.24) is 10.2 Å². The molecule has 7 heteroatoms. The second-order valence-corrected chi connectivity index (χ2v) is 5.03. The van der Waals surface area contributed by atoms with Crippen molar-refractivity contribution in [3.63, 3.8) is 0 Å². The number of phenolic OH excluding ortho intramolecular Hbond substituents is 1. The number of alkyl halides is 2. The molecule has 0 saturated carbocycles. The second-order valence-electron chi connectivity index (χ2n) is 5.03. The van der Waals surface area contributed by atoms with Crippen LogP contribution in [0.5, 0.6) is 11.5 Å². The normalized spacial score (nSPS) is 18.5. The molecule has 1 aromatic carbocycles. The Morgan fingerprint density at radius 1 is 1.38 bits per heavy atom. The number of aromatic hydroxyl groups is 1. The first-order valence-electron chi connectivity index (χ1n) is 6.80. The van der Waals surface area contributed by atoms with E-state index in [1.54, 1.807) is 4.90 Å². The fourth-order valence-corrected chi connectivity index (χ4v) is 2.64. The largest absolute Gasteiger partial charge is 0.508 e. The molecule has 0 spiro atoms. The Morgan fingerprint density at radius 3 is 2.62 bits per heavy atom. The molecule has 1 saturated heterocycles. The molecule has 1 aliphatic rings. The van der Waals surface area contributed by atoms with Crippen LogP contribution in [0.1, 0.15) is 11.6 Å². The summed E-state index contributed by atoms with van der Waals surface area (Å²) in [5, 5.41) is 21.7. The van der Waals surface area contributed by atoms with E-state index >= 15 is 0 Å². The summed E-state index contributed by atoms with van der Waals surface area (Å²) in [6.45, 7) is 0.872. The maximum absolute atomic E-state index is 14.3. The summed E-state index contributed by atoms with van der Waals surface area (Å²) in [6.07, 6.45) is 0. The van der Waals surface area contributed by atoms with Crippen LogP contribution >= 0.6 is 0 Å². The van der Waals surface area contributed by atoms with E-state index in [1.165, 1.54) is 25.3 Å². The lowest BCUT2D eigenvalue weighted by Gasteiger charge is -2.39. The van der Waals surface area contributed by atoms with E-state index in [1.807, 2.05) is 0 Å². The minimum Gasteiger partial charge on any atom is -0.508 e. The SMILES string of the molecule is COc1cc(O)ccc1[C@@H](N1CCNCC1)C(F)(F)CO. The van der Waals surface area contributed by atoms with Gasteiger partial charge in [0.05, 0.1) is 7.11 Å². The van der Waals surface area contributed by atoms with Crippen molar-refractivity contribution in [1.29, 1.82) is 0 Å². The highest BCUT2D eigenvalue weighted by atomic mass is 19.3. The highest BCUT2D eigenvalue weighted by Crippen LogP contribution is 2.41. The zero-order valence-corrected chi connectivity index (χ0v) is 11.9. The number of nitrogens with one attached hydrogen (secondary N) is 1. The highest BCUT2D eigenvalue weighted by molar-refractivity contribution is 5.43. The van der Waals surface area contributed by atoms with Crippen molar-refractivity contribution in [2.45, 2.75) is 12.0 Å². The lowest BCUT2D eigenvalue weighted by Crippen LogP contribution is -2.51. The van der Waals surface area contributed by atoms with Crippen LogP contribution in [0.15, 0.2) is 18.2 Å². The van der Waals surface area contributed by atoms with Gasteiger partial charge in [0.25, 0.3) is 5.92 Å². The predicted molar refractivity (Wildman–Crippen MR) is 73.9 cm³/mol. The minimum atomic E-state index is -3.30. The molecule has 0 amide bonds. The Hall–Kier alpha value is -1.44. The number of phenols is 1. The first-order chi connectivity index (χ1) is 9.99. The van der Waals surface area contributed by atoms with Crippen LogP contribution in [0, 0.1) is 0 Å². The molecule has 1 aliphatic heterocycles. The zero-order valence-electron chi connectivity index (χ0n) is 11.9. The van der Waals surface area contributed by atoms with Crippen molar-refractivity contribution < 1.29 is 23.7 Å². The van der Waals surface area contributed by atoms with Gasteiger partial charge in [-0.15, -0.1) is 0 Å². The van der Waals surface area contributed by atoms with Crippen LogP contribution in [-0.4, -0.2) is 60.9 Å². The summed E-state index contributed by atoms with van der Waals surface area (Å²) in [6, 6.07) is 2.78. The Bertz CT molecular complexity index is 479. The number of halogens is 2. The van der Waals surface area contributed by atoms with Gasteiger partial charge in [-0.05, 0) is 12.1 Å². The van der Waals surface area contributed by atoms with E-state index in [0.717, 1.165) is 0 Å². The fourth-order valence-electron chi connectivity index (χ4n) is 2.64. The van der Waals surface area contributed by atoms with Crippen molar-refractivity contribution in [2.75, 3.05) is 39.9 Å². The van der Waals surface area contributed by atoms with Crippen LogP contribution in [0.3, 0.4) is 0 Å². The van der Waals surface area contributed by atoms with Crippen LogP contribution in [0.4, 0.5) is 8.78 Å². The van der Waals surface area contributed by atoms with Gasteiger partial charge in [0.15, 0.2) is 0 Å². The molecule has 1 heterocycles. The number of aliphatic hydroxyl groups excluding tert-OH is 1. The molecular weight excluding hydrogens is 282 g/mol. The van der Waals surface area contributed by atoms with E-state index in [0.29, 0.717) is 26.2 Å². The molecule has 2 rings (SSSR count). The van der Waals surface area contributed by atoms with Gasteiger partial charge in [-0.3, -0.25) is 4.90 Å². The zero-order chi connectivity index (χ0) is 15.5. The van der Waals surface area contributed by atoms with Gasteiger partial charge in [0.1, 0.15) is 24.1 Å². The number of piperazine rings is 1. The molecule has 0 unspecified atom stereocenters. The molecule has 3 N–H and O–H groups in total. The molecule has 0 aliphatic carbocycles. The van der Waals surface area contributed by atoms with E-state index in [4.69, 9.17) is 9.84 Å². The fraction of sp³-hybridized carbons (Fsp3) is 0.571. The summed E-state index contributed by atoms with van der Waals surface area (Å²) in [5.74, 6) is -3.17. The van der Waals surface area contributed by atoms with Crippen LogP contribution < -0.4 is 10.1 Å². The Morgan fingerprint density at radius 2 is 2.05 bits per heavy atom. The molecule has 118 valence electrons. The Balaban J connectivity index is 2.43. The Labute approximate surface area is 122 Å². The van der Waals surface area contributed by atoms with Gasteiger partial charge >= 0.3 is 0 Å². The number of hydrogen-bond acceptors (Lipinski definition) is 5. The smallest absolute Gasteiger partial charge is 0.290 e. The van der Waals surface area contributed by atoms with Gasteiger partial charge in [0, 0.05) is 37.8 Å². The molecule has 5 nitrogen and oxygen atoms in total. The van der Waals surface area contributed by atoms with Gasteiger partial charge in [-0.1, -0.05) is 0 Å². The predicted octanol–water partition coefficient (Wildman–Crippen LogP) is 0.975. The average Bonchev–Trinajstić information content (AvgIpc) is 2.50. The topological polar surface area (TPSA) is 65.0 Å². The minimum absolute atomic E-state index is 0.0537. The van der Waals surface area contributed by atoms with E-state index in [2.05, 4.69) is 5.32 Å².